The molecule has 1 aromatic heterocycles. The highest BCUT2D eigenvalue weighted by Gasteiger charge is 2.30. The Kier molecular flexibility index (Phi) is 2.66. The van der Waals surface area contributed by atoms with E-state index < -0.39 is 17.3 Å². The number of nitrogens with zero attached hydrogens (tertiary/aromatic N) is 1. The molecular weight excluding hydrogens is 243 g/mol. The SMILES string of the molecule is [2H]Cc1ccc(=O)n(-c2cccc(C(F)(F)F)c2)c1. The van der Waals surface area contributed by atoms with Crippen LogP contribution in [0.3, 0.4) is 0 Å². The van der Waals surface area contributed by atoms with Crippen molar-refractivity contribution in [1.29, 1.82) is 0 Å². The minimum absolute atomic E-state index is 0.0424. The first kappa shape index (κ1) is 11.1. The molecule has 1 heterocycles. The Bertz CT molecular complexity index is 649. The van der Waals surface area contributed by atoms with Gasteiger partial charge in [0.05, 0.1) is 5.56 Å². The summed E-state index contributed by atoms with van der Waals surface area (Å²) < 4.78 is 46.2. The average molecular weight is 254 g/mol. The zero-order chi connectivity index (χ0) is 14.0. The number of pyridine rings is 1. The van der Waals surface area contributed by atoms with Crippen molar-refractivity contribution in [3.05, 3.63) is 64.1 Å². The van der Waals surface area contributed by atoms with Gasteiger partial charge in [0.15, 0.2) is 0 Å². The van der Waals surface area contributed by atoms with E-state index in [1.165, 1.54) is 30.5 Å². The molecule has 0 atom stereocenters. The predicted octanol–water partition coefficient (Wildman–Crippen LogP) is 3.16. The van der Waals surface area contributed by atoms with Crippen molar-refractivity contribution < 1.29 is 14.5 Å². The summed E-state index contributed by atoms with van der Waals surface area (Å²) in [6.45, 7) is -0.0424. The topological polar surface area (TPSA) is 22.0 Å². The predicted molar refractivity (Wildman–Crippen MR) is 61.8 cm³/mol. The van der Waals surface area contributed by atoms with Crippen LogP contribution in [0.25, 0.3) is 5.69 Å². The van der Waals surface area contributed by atoms with Gasteiger partial charge >= 0.3 is 6.18 Å². The molecule has 0 unspecified atom stereocenters. The molecule has 0 N–H and O–H groups in total. The van der Waals surface area contributed by atoms with Crippen LogP contribution < -0.4 is 5.56 Å². The summed E-state index contributed by atoms with van der Waals surface area (Å²) in [7, 11) is 0. The normalized spacial score (nSPS) is 12.3. The Morgan fingerprint density at radius 1 is 1.22 bits per heavy atom. The Morgan fingerprint density at radius 2 is 2.00 bits per heavy atom. The first-order valence-corrected chi connectivity index (χ1v) is 5.10. The molecular formula is C13H10F3NO. The molecule has 0 bridgehead atoms. The van der Waals surface area contributed by atoms with Crippen LogP contribution in [0.15, 0.2) is 47.4 Å². The Morgan fingerprint density at radius 3 is 2.67 bits per heavy atom. The molecule has 0 fully saturated rings. The lowest BCUT2D eigenvalue weighted by molar-refractivity contribution is -0.137. The van der Waals surface area contributed by atoms with E-state index >= 15 is 0 Å². The fraction of sp³-hybridized carbons (Fsp3) is 0.154. The summed E-state index contributed by atoms with van der Waals surface area (Å²) in [5.74, 6) is 0. The van der Waals surface area contributed by atoms with Crippen molar-refractivity contribution in [2.75, 3.05) is 0 Å². The molecule has 0 spiro atoms. The number of alkyl halides is 3. The van der Waals surface area contributed by atoms with Gasteiger partial charge in [0.2, 0.25) is 0 Å². The highest BCUT2D eigenvalue weighted by molar-refractivity contribution is 5.37. The van der Waals surface area contributed by atoms with Crippen LogP contribution in [0.2, 0.25) is 0 Å². The van der Waals surface area contributed by atoms with E-state index in [0.717, 1.165) is 16.7 Å². The monoisotopic (exact) mass is 254 g/mol. The second-order valence-electron chi connectivity index (χ2n) is 3.79. The zero-order valence-electron chi connectivity index (χ0n) is 10.2. The van der Waals surface area contributed by atoms with E-state index in [1.54, 1.807) is 0 Å². The number of hydrogen-bond acceptors (Lipinski definition) is 1. The molecule has 2 aromatic rings. The van der Waals surface area contributed by atoms with Gasteiger partial charge in [-0.05, 0) is 30.7 Å². The lowest BCUT2D eigenvalue weighted by Gasteiger charge is -2.10. The molecule has 18 heavy (non-hydrogen) atoms. The Balaban J connectivity index is 2.56. The van der Waals surface area contributed by atoms with Crippen LogP contribution in [-0.2, 0) is 6.18 Å². The number of benzene rings is 1. The van der Waals surface area contributed by atoms with Crippen LogP contribution in [-0.4, -0.2) is 4.57 Å². The first-order chi connectivity index (χ1) is 8.91. The number of halogens is 3. The molecule has 0 saturated heterocycles. The quantitative estimate of drug-likeness (QED) is 0.766. The van der Waals surface area contributed by atoms with E-state index in [-0.39, 0.29) is 12.6 Å². The summed E-state index contributed by atoms with van der Waals surface area (Å²) in [6.07, 6.45) is -3.07. The van der Waals surface area contributed by atoms with Crippen molar-refractivity contribution in [2.45, 2.75) is 13.1 Å². The van der Waals surface area contributed by atoms with E-state index in [2.05, 4.69) is 0 Å². The molecule has 2 rings (SSSR count). The van der Waals surface area contributed by atoms with Gasteiger partial charge in [-0.2, -0.15) is 13.2 Å². The summed E-state index contributed by atoms with van der Waals surface area (Å²) in [4.78, 5) is 11.7. The van der Waals surface area contributed by atoms with Crippen LogP contribution in [0.5, 0.6) is 0 Å². The third kappa shape index (κ3) is 2.45. The van der Waals surface area contributed by atoms with E-state index in [1.807, 2.05) is 0 Å². The van der Waals surface area contributed by atoms with Crippen molar-refractivity contribution in [1.82, 2.24) is 4.57 Å². The molecule has 0 aliphatic rings. The highest BCUT2D eigenvalue weighted by Crippen LogP contribution is 2.30. The van der Waals surface area contributed by atoms with E-state index in [4.69, 9.17) is 1.37 Å². The molecule has 0 radical (unpaired) electrons. The van der Waals surface area contributed by atoms with Crippen molar-refractivity contribution in [3.8, 4) is 5.69 Å². The molecule has 0 amide bonds. The maximum Gasteiger partial charge on any atom is 0.416 e. The zero-order valence-corrected chi connectivity index (χ0v) is 9.24. The molecule has 1 aromatic carbocycles. The lowest BCUT2D eigenvalue weighted by atomic mass is 10.2. The maximum atomic E-state index is 12.6. The first-order valence-electron chi connectivity index (χ1n) is 5.81. The van der Waals surface area contributed by atoms with Crippen LogP contribution >= 0.6 is 0 Å². The lowest BCUT2D eigenvalue weighted by Crippen LogP contribution is -2.17. The molecule has 0 aliphatic heterocycles. The van der Waals surface area contributed by atoms with Crippen LogP contribution in [0.1, 0.15) is 12.5 Å². The summed E-state index contributed by atoms with van der Waals surface area (Å²) in [5, 5.41) is 0. The number of aromatic nitrogens is 1. The minimum atomic E-state index is -4.45. The third-order valence-electron chi connectivity index (χ3n) is 2.42. The number of rotatable bonds is 1. The molecule has 2 nitrogen and oxygen atoms in total. The van der Waals surface area contributed by atoms with Crippen LogP contribution in [0, 0.1) is 6.90 Å². The fourth-order valence-electron chi connectivity index (χ4n) is 1.56. The van der Waals surface area contributed by atoms with Crippen LogP contribution in [0.4, 0.5) is 13.2 Å². The maximum absolute atomic E-state index is 12.6. The molecule has 0 saturated carbocycles. The standard InChI is InChI=1S/C13H10F3NO/c1-9-5-6-12(18)17(8-9)11-4-2-3-10(7-11)13(14,15)16/h2-8H,1H3/i1D. The number of hydrogen-bond donors (Lipinski definition) is 0. The van der Waals surface area contributed by atoms with Crippen molar-refractivity contribution in [3.63, 3.8) is 0 Å². The van der Waals surface area contributed by atoms with Gasteiger partial charge in [0.25, 0.3) is 5.56 Å². The highest BCUT2D eigenvalue weighted by atomic mass is 19.4. The smallest absolute Gasteiger partial charge is 0.284 e. The summed E-state index contributed by atoms with van der Waals surface area (Å²) >= 11 is 0. The van der Waals surface area contributed by atoms with Gasteiger partial charge in [0, 0.05) is 19.3 Å². The Hall–Kier alpha value is -2.04. The van der Waals surface area contributed by atoms with Gasteiger partial charge in [-0.1, -0.05) is 12.1 Å². The second kappa shape index (κ2) is 4.33. The van der Waals surface area contributed by atoms with Gasteiger partial charge in [0.1, 0.15) is 0 Å². The van der Waals surface area contributed by atoms with Gasteiger partial charge in [-0.25, -0.2) is 0 Å². The van der Waals surface area contributed by atoms with Gasteiger partial charge < -0.3 is 0 Å². The summed E-state index contributed by atoms with van der Waals surface area (Å²) in [6, 6.07) is 7.25. The van der Waals surface area contributed by atoms with Crippen molar-refractivity contribution in [2.24, 2.45) is 0 Å². The number of aryl methyl sites for hydroxylation is 1. The second-order valence-corrected chi connectivity index (χ2v) is 3.79. The largest absolute Gasteiger partial charge is 0.416 e. The van der Waals surface area contributed by atoms with E-state index in [0.29, 0.717) is 5.56 Å². The minimum Gasteiger partial charge on any atom is -0.284 e. The third-order valence-corrected chi connectivity index (χ3v) is 2.42. The van der Waals surface area contributed by atoms with Gasteiger partial charge in [-0.3, -0.25) is 9.36 Å². The summed E-state index contributed by atoms with van der Waals surface area (Å²) in [5.41, 5.74) is -0.558. The average Bonchev–Trinajstić information content (AvgIpc) is 2.38. The molecule has 0 aliphatic carbocycles. The van der Waals surface area contributed by atoms with Crippen molar-refractivity contribution >= 4 is 0 Å². The van der Waals surface area contributed by atoms with Gasteiger partial charge in [-0.15, -0.1) is 0 Å². The van der Waals surface area contributed by atoms with E-state index in [9.17, 15) is 18.0 Å². The molecule has 5 heteroatoms. The Labute approximate surface area is 103 Å². The fourth-order valence-corrected chi connectivity index (χ4v) is 1.56. The molecule has 94 valence electrons.